The first kappa shape index (κ1) is 19.0. The smallest absolute Gasteiger partial charge is 0.253 e. The van der Waals surface area contributed by atoms with Gasteiger partial charge in [-0.15, -0.1) is 0 Å². The van der Waals surface area contributed by atoms with Gasteiger partial charge in [0.25, 0.3) is 5.91 Å². The highest BCUT2D eigenvalue weighted by Gasteiger charge is 2.28. The van der Waals surface area contributed by atoms with Gasteiger partial charge in [0, 0.05) is 18.1 Å². The van der Waals surface area contributed by atoms with Crippen LogP contribution in [0.4, 0.5) is 0 Å². The van der Waals surface area contributed by atoms with Crippen LogP contribution in [0.1, 0.15) is 30.6 Å². The largest absolute Gasteiger partial charge is 0.378 e. The highest BCUT2D eigenvalue weighted by Crippen LogP contribution is 2.21. The summed E-state index contributed by atoms with van der Waals surface area (Å²) < 4.78 is 5.28. The van der Waals surface area contributed by atoms with Crippen LogP contribution in [-0.4, -0.2) is 49.1 Å². The topological polar surface area (TPSA) is 58.6 Å². The molecular formula is C17H22Cl2N2O3. The first-order valence-corrected chi connectivity index (χ1v) is 8.76. The minimum Gasteiger partial charge on any atom is -0.378 e. The Morgan fingerprint density at radius 2 is 1.92 bits per heavy atom. The average molecular weight is 373 g/mol. The molecule has 1 heterocycles. The Labute approximate surface area is 152 Å². The molecule has 132 valence electrons. The zero-order chi connectivity index (χ0) is 17.7. The first-order valence-electron chi connectivity index (χ1n) is 8.01. The van der Waals surface area contributed by atoms with Crippen molar-refractivity contribution >= 4 is 35.0 Å². The van der Waals surface area contributed by atoms with Gasteiger partial charge in [0.2, 0.25) is 5.91 Å². The number of hydrogen-bond donors (Lipinski definition) is 1. The van der Waals surface area contributed by atoms with Crippen LogP contribution < -0.4 is 5.32 Å². The van der Waals surface area contributed by atoms with E-state index in [1.807, 2.05) is 13.8 Å². The van der Waals surface area contributed by atoms with Gasteiger partial charge in [-0.05, 0) is 30.5 Å². The van der Waals surface area contributed by atoms with Crippen molar-refractivity contribution in [3.05, 3.63) is 33.8 Å². The van der Waals surface area contributed by atoms with Gasteiger partial charge in [-0.25, -0.2) is 0 Å². The molecule has 1 N–H and O–H groups in total. The monoisotopic (exact) mass is 372 g/mol. The lowest BCUT2D eigenvalue weighted by molar-refractivity contribution is -0.137. The maximum Gasteiger partial charge on any atom is 0.253 e. The number of benzene rings is 1. The molecule has 1 fully saturated rings. The summed E-state index contributed by atoms with van der Waals surface area (Å²) in [4.78, 5) is 27.0. The Morgan fingerprint density at radius 1 is 1.25 bits per heavy atom. The van der Waals surface area contributed by atoms with E-state index in [1.165, 1.54) is 6.07 Å². The summed E-state index contributed by atoms with van der Waals surface area (Å²) in [5.74, 6) is -0.185. The van der Waals surface area contributed by atoms with Crippen molar-refractivity contribution in [1.29, 1.82) is 0 Å². The zero-order valence-corrected chi connectivity index (χ0v) is 15.4. The third kappa shape index (κ3) is 5.10. The SMILES string of the molecule is CC(C)C[C@H](NC(=O)c1ccc(Cl)cc1Cl)C(=O)N1CCOCC1. The Morgan fingerprint density at radius 3 is 2.50 bits per heavy atom. The molecule has 1 atom stereocenters. The Kier molecular flexibility index (Phi) is 6.90. The second kappa shape index (κ2) is 8.70. The van der Waals surface area contributed by atoms with Crippen LogP contribution in [0.15, 0.2) is 18.2 Å². The van der Waals surface area contributed by atoms with Gasteiger partial charge in [-0.1, -0.05) is 37.0 Å². The molecule has 0 radical (unpaired) electrons. The predicted molar refractivity (Wildman–Crippen MR) is 94.6 cm³/mol. The van der Waals surface area contributed by atoms with E-state index in [0.29, 0.717) is 43.3 Å². The Balaban J connectivity index is 2.12. The van der Waals surface area contributed by atoms with Gasteiger partial charge < -0.3 is 15.0 Å². The van der Waals surface area contributed by atoms with Gasteiger partial charge >= 0.3 is 0 Å². The molecule has 1 aromatic carbocycles. The second-order valence-corrected chi connectivity index (χ2v) is 7.06. The van der Waals surface area contributed by atoms with Crippen LogP contribution >= 0.6 is 23.2 Å². The van der Waals surface area contributed by atoms with Gasteiger partial charge in [0.05, 0.1) is 23.8 Å². The molecular weight excluding hydrogens is 351 g/mol. The van der Waals surface area contributed by atoms with Crippen molar-refractivity contribution < 1.29 is 14.3 Å². The number of hydrogen-bond acceptors (Lipinski definition) is 3. The van der Waals surface area contributed by atoms with Crippen LogP contribution in [-0.2, 0) is 9.53 Å². The molecule has 0 saturated carbocycles. The van der Waals surface area contributed by atoms with Gasteiger partial charge in [-0.2, -0.15) is 0 Å². The minimum atomic E-state index is -0.581. The lowest BCUT2D eigenvalue weighted by Crippen LogP contribution is -2.52. The molecule has 0 unspecified atom stereocenters. The molecule has 0 bridgehead atoms. The fraction of sp³-hybridized carbons (Fsp3) is 0.529. The van der Waals surface area contributed by atoms with Crippen molar-refractivity contribution in [2.75, 3.05) is 26.3 Å². The van der Waals surface area contributed by atoms with Crippen LogP contribution in [0.2, 0.25) is 10.0 Å². The number of carbonyl (C=O) groups excluding carboxylic acids is 2. The number of nitrogens with one attached hydrogen (secondary N) is 1. The van der Waals surface area contributed by atoms with E-state index in [0.717, 1.165) is 0 Å². The summed E-state index contributed by atoms with van der Waals surface area (Å²) in [6.07, 6.45) is 0.563. The number of rotatable bonds is 5. The summed E-state index contributed by atoms with van der Waals surface area (Å²) in [5, 5.41) is 3.55. The zero-order valence-electron chi connectivity index (χ0n) is 13.9. The molecule has 5 nitrogen and oxygen atoms in total. The third-order valence-corrected chi connectivity index (χ3v) is 4.36. The number of morpholine rings is 1. The summed E-state index contributed by atoms with van der Waals surface area (Å²) in [6, 6.07) is 4.09. The van der Waals surface area contributed by atoms with Crippen molar-refractivity contribution in [3.8, 4) is 0 Å². The summed E-state index contributed by atoms with van der Waals surface area (Å²) in [7, 11) is 0. The van der Waals surface area contributed by atoms with Crippen LogP contribution in [0, 0.1) is 5.92 Å². The lowest BCUT2D eigenvalue weighted by Gasteiger charge is -2.31. The molecule has 24 heavy (non-hydrogen) atoms. The van der Waals surface area contributed by atoms with Crippen LogP contribution in [0.5, 0.6) is 0 Å². The van der Waals surface area contributed by atoms with E-state index in [-0.39, 0.29) is 22.8 Å². The summed E-state index contributed by atoms with van der Waals surface area (Å²) >= 11 is 11.9. The van der Waals surface area contributed by atoms with Gasteiger partial charge in [0.1, 0.15) is 6.04 Å². The van der Waals surface area contributed by atoms with E-state index in [4.69, 9.17) is 27.9 Å². The van der Waals surface area contributed by atoms with Crippen LogP contribution in [0.25, 0.3) is 0 Å². The number of carbonyl (C=O) groups is 2. The lowest BCUT2D eigenvalue weighted by atomic mass is 10.0. The standard InChI is InChI=1S/C17H22Cl2N2O3/c1-11(2)9-15(17(23)21-5-7-24-8-6-21)20-16(22)13-4-3-12(18)10-14(13)19/h3-4,10-11,15H,5-9H2,1-2H3,(H,20,22)/t15-/m0/s1. The number of ether oxygens (including phenoxy) is 1. The quantitative estimate of drug-likeness (QED) is 0.863. The molecule has 0 spiro atoms. The third-order valence-electron chi connectivity index (χ3n) is 3.81. The molecule has 1 saturated heterocycles. The van der Waals surface area contributed by atoms with Gasteiger partial charge in [-0.3, -0.25) is 9.59 Å². The van der Waals surface area contributed by atoms with E-state index >= 15 is 0 Å². The molecule has 0 aliphatic carbocycles. The van der Waals surface area contributed by atoms with E-state index in [9.17, 15) is 9.59 Å². The van der Waals surface area contributed by atoms with Crippen LogP contribution in [0.3, 0.4) is 0 Å². The van der Waals surface area contributed by atoms with Gasteiger partial charge in [0.15, 0.2) is 0 Å². The maximum absolute atomic E-state index is 12.7. The maximum atomic E-state index is 12.7. The normalized spacial score (nSPS) is 16.1. The average Bonchev–Trinajstić information content (AvgIpc) is 2.53. The molecule has 1 aliphatic rings. The summed E-state index contributed by atoms with van der Waals surface area (Å²) in [6.45, 7) is 6.17. The highest BCUT2D eigenvalue weighted by atomic mass is 35.5. The molecule has 2 amide bonds. The van der Waals surface area contributed by atoms with Crippen molar-refractivity contribution in [3.63, 3.8) is 0 Å². The van der Waals surface area contributed by atoms with E-state index in [1.54, 1.807) is 17.0 Å². The van der Waals surface area contributed by atoms with E-state index in [2.05, 4.69) is 5.32 Å². The van der Waals surface area contributed by atoms with Crippen molar-refractivity contribution in [2.45, 2.75) is 26.3 Å². The predicted octanol–water partition coefficient (Wildman–Crippen LogP) is 3.00. The first-order chi connectivity index (χ1) is 11.4. The molecule has 1 aromatic rings. The Hall–Kier alpha value is -1.30. The Bertz CT molecular complexity index is 601. The minimum absolute atomic E-state index is 0.0783. The summed E-state index contributed by atoms with van der Waals surface area (Å²) in [5.41, 5.74) is 0.310. The molecule has 1 aliphatic heterocycles. The van der Waals surface area contributed by atoms with Crippen molar-refractivity contribution in [2.24, 2.45) is 5.92 Å². The van der Waals surface area contributed by atoms with Crippen molar-refractivity contribution in [1.82, 2.24) is 10.2 Å². The fourth-order valence-corrected chi connectivity index (χ4v) is 3.10. The number of halogens is 2. The molecule has 0 aromatic heterocycles. The molecule has 2 rings (SSSR count). The highest BCUT2D eigenvalue weighted by molar-refractivity contribution is 6.36. The number of amides is 2. The van der Waals surface area contributed by atoms with E-state index < -0.39 is 6.04 Å². The number of nitrogens with zero attached hydrogens (tertiary/aromatic N) is 1. The fourth-order valence-electron chi connectivity index (χ4n) is 2.61. The molecule has 7 heteroatoms. The second-order valence-electron chi connectivity index (χ2n) is 6.22.